The van der Waals surface area contributed by atoms with Crippen LogP contribution in [0.1, 0.15) is 36.5 Å². The van der Waals surface area contributed by atoms with Gasteiger partial charge in [0.15, 0.2) is 5.69 Å². The molecule has 1 unspecified atom stereocenters. The standard InChI is InChI=1S/C10H16N4O/c1-5-7(11)8(14-13-5)9(15)12-6-4-10(6,2)3/h6H,4,11H2,1-3H3,(H,12,15)(H,13,14). The van der Waals surface area contributed by atoms with Crippen molar-refractivity contribution in [2.24, 2.45) is 5.41 Å². The van der Waals surface area contributed by atoms with E-state index in [2.05, 4.69) is 29.4 Å². The Kier molecular flexibility index (Phi) is 1.99. The van der Waals surface area contributed by atoms with E-state index in [1.54, 1.807) is 6.92 Å². The predicted molar refractivity (Wildman–Crippen MR) is 57.4 cm³/mol. The van der Waals surface area contributed by atoms with Crippen molar-refractivity contribution in [1.82, 2.24) is 15.5 Å². The number of carbonyl (C=O) groups is 1. The van der Waals surface area contributed by atoms with Crippen LogP contribution in [0.3, 0.4) is 0 Å². The summed E-state index contributed by atoms with van der Waals surface area (Å²) in [6.07, 6.45) is 1.02. The summed E-state index contributed by atoms with van der Waals surface area (Å²) in [7, 11) is 0. The van der Waals surface area contributed by atoms with Crippen LogP contribution in [0, 0.1) is 12.3 Å². The summed E-state index contributed by atoms with van der Waals surface area (Å²) in [5.41, 5.74) is 7.40. The Hall–Kier alpha value is -1.52. The number of aromatic nitrogens is 2. The van der Waals surface area contributed by atoms with Crippen LogP contribution in [0.5, 0.6) is 0 Å². The summed E-state index contributed by atoms with van der Waals surface area (Å²) in [6.45, 7) is 6.04. The Morgan fingerprint density at radius 2 is 2.27 bits per heavy atom. The fourth-order valence-electron chi connectivity index (χ4n) is 1.55. The van der Waals surface area contributed by atoms with Crippen LogP contribution in [0.15, 0.2) is 0 Å². The first-order valence-electron chi connectivity index (χ1n) is 5.03. The van der Waals surface area contributed by atoms with Gasteiger partial charge in [0.05, 0.1) is 11.4 Å². The second kappa shape index (κ2) is 2.98. The first-order valence-corrected chi connectivity index (χ1v) is 5.03. The van der Waals surface area contributed by atoms with Crippen molar-refractivity contribution in [2.45, 2.75) is 33.2 Å². The van der Waals surface area contributed by atoms with Gasteiger partial charge in [-0.25, -0.2) is 0 Å². The fourth-order valence-corrected chi connectivity index (χ4v) is 1.55. The highest BCUT2D eigenvalue weighted by molar-refractivity contribution is 5.97. The van der Waals surface area contributed by atoms with Crippen molar-refractivity contribution < 1.29 is 4.79 Å². The Bertz CT molecular complexity index is 408. The molecular weight excluding hydrogens is 192 g/mol. The van der Waals surface area contributed by atoms with Crippen LogP contribution >= 0.6 is 0 Å². The number of hydrogen-bond donors (Lipinski definition) is 3. The Morgan fingerprint density at radius 1 is 1.67 bits per heavy atom. The minimum absolute atomic E-state index is 0.188. The number of anilines is 1. The molecule has 1 aromatic heterocycles. The third-order valence-corrected chi connectivity index (χ3v) is 3.03. The summed E-state index contributed by atoms with van der Waals surface area (Å²) in [5.74, 6) is -0.188. The minimum Gasteiger partial charge on any atom is -0.395 e. The Labute approximate surface area is 88.4 Å². The quantitative estimate of drug-likeness (QED) is 0.673. The van der Waals surface area contributed by atoms with Gasteiger partial charge in [0.25, 0.3) is 5.91 Å². The molecule has 5 heteroatoms. The number of aryl methyl sites for hydroxylation is 1. The van der Waals surface area contributed by atoms with E-state index in [0.717, 1.165) is 12.1 Å². The lowest BCUT2D eigenvalue weighted by atomic mass is 10.2. The van der Waals surface area contributed by atoms with Gasteiger partial charge >= 0.3 is 0 Å². The summed E-state index contributed by atoms with van der Waals surface area (Å²) in [5, 5.41) is 9.49. The average Bonchev–Trinajstić information content (AvgIpc) is 2.57. The van der Waals surface area contributed by atoms with E-state index in [4.69, 9.17) is 5.73 Å². The van der Waals surface area contributed by atoms with E-state index < -0.39 is 0 Å². The van der Waals surface area contributed by atoms with E-state index >= 15 is 0 Å². The average molecular weight is 208 g/mol. The monoisotopic (exact) mass is 208 g/mol. The third kappa shape index (κ3) is 1.69. The molecule has 15 heavy (non-hydrogen) atoms. The van der Waals surface area contributed by atoms with Crippen molar-refractivity contribution >= 4 is 11.6 Å². The number of nitrogens with two attached hydrogens (primary N) is 1. The van der Waals surface area contributed by atoms with Gasteiger partial charge in [-0.1, -0.05) is 13.8 Å². The maximum absolute atomic E-state index is 11.7. The van der Waals surface area contributed by atoms with Crippen molar-refractivity contribution in [1.29, 1.82) is 0 Å². The minimum atomic E-state index is -0.188. The molecule has 4 N–H and O–H groups in total. The lowest BCUT2D eigenvalue weighted by molar-refractivity contribution is 0.0942. The van der Waals surface area contributed by atoms with Gasteiger partial charge in [0.2, 0.25) is 0 Å². The van der Waals surface area contributed by atoms with Crippen LogP contribution in [0.25, 0.3) is 0 Å². The molecule has 0 aliphatic heterocycles. The van der Waals surface area contributed by atoms with E-state index in [1.165, 1.54) is 0 Å². The summed E-state index contributed by atoms with van der Waals surface area (Å²) in [6, 6.07) is 0.251. The molecule has 0 aromatic carbocycles. The molecule has 0 bridgehead atoms. The number of nitrogens with zero attached hydrogens (tertiary/aromatic N) is 1. The number of rotatable bonds is 2. The summed E-state index contributed by atoms with van der Waals surface area (Å²) < 4.78 is 0. The van der Waals surface area contributed by atoms with Gasteiger partial charge in [-0.15, -0.1) is 0 Å². The fraction of sp³-hybridized carbons (Fsp3) is 0.600. The van der Waals surface area contributed by atoms with Gasteiger partial charge < -0.3 is 11.1 Å². The number of aromatic amines is 1. The second-order valence-electron chi connectivity index (χ2n) is 4.83. The zero-order valence-electron chi connectivity index (χ0n) is 9.22. The van der Waals surface area contributed by atoms with Crippen molar-refractivity contribution in [3.63, 3.8) is 0 Å². The Balaban J connectivity index is 2.06. The molecule has 5 nitrogen and oxygen atoms in total. The molecule has 1 aliphatic rings. The number of amides is 1. The number of hydrogen-bond acceptors (Lipinski definition) is 3. The number of carbonyl (C=O) groups excluding carboxylic acids is 1. The molecule has 82 valence electrons. The predicted octanol–water partition coefficient (Wildman–Crippen LogP) is 0.829. The molecule has 1 heterocycles. The molecule has 2 rings (SSSR count). The largest absolute Gasteiger partial charge is 0.395 e. The molecule has 1 amide bonds. The van der Waals surface area contributed by atoms with Crippen molar-refractivity contribution in [2.75, 3.05) is 5.73 Å². The number of nitrogen functional groups attached to an aromatic ring is 1. The maximum atomic E-state index is 11.7. The molecule has 1 saturated carbocycles. The highest BCUT2D eigenvalue weighted by Gasteiger charge is 2.46. The van der Waals surface area contributed by atoms with E-state index in [0.29, 0.717) is 11.4 Å². The first-order chi connectivity index (χ1) is 6.92. The molecule has 0 radical (unpaired) electrons. The molecule has 0 saturated heterocycles. The normalized spacial score (nSPS) is 22.5. The zero-order valence-corrected chi connectivity index (χ0v) is 9.22. The van der Waals surface area contributed by atoms with Crippen LogP contribution in [0.2, 0.25) is 0 Å². The summed E-state index contributed by atoms with van der Waals surface area (Å²) >= 11 is 0. The first kappa shape index (κ1) is 10.0. The van der Waals surface area contributed by atoms with Gasteiger partial charge in [0.1, 0.15) is 0 Å². The van der Waals surface area contributed by atoms with Gasteiger partial charge in [-0.05, 0) is 18.8 Å². The molecular formula is C10H16N4O. The molecule has 1 fully saturated rings. The summed E-state index contributed by atoms with van der Waals surface area (Å²) in [4.78, 5) is 11.7. The van der Waals surface area contributed by atoms with E-state index in [-0.39, 0.29) is 17.4 Å². The third-order valence-electron chi connectivity index (χ3n) is 3.03. The molecule has 0 spiro atoms. The highest BCUT2D eigenvalue weighted by atomic mass is 16.2. The van der Waals surface area contributed by atoms with E-state index in [1.807, 2.05) is 0 Å². The number of nitrogens with one attached hydrogen (secondary N) is 2. The Morgan fingerprint density at radius 3 is 2.67 bits per heavy atom. The molecule has 1 aromatic rings. The number of H-pyrrole nitrogens is 1. The van der Waals surface area contributed by atoms with Crippen molar-refractivity contribution in [3.05, 3.63) is 11.4 Å². The van der Waals surface area contributed by atoms with Crippen LogP contribution in [0.4, 0.5) is 5.69 Å². The SMILES string of the molecule is Cc1[nH]nc(C(=O)NC2CC2(C)C)c1N. The van der Waals surface area contributed by atoms with Gasteiger partial charge in [-0.2, -0.15) is 5.10 Å². The molecule has 1 atom stereocenters. The van der Waals surface area contributed by atoms with Crippen LogP contribution < -0.4 is 11.1 Å². The topological polar surface area (TPSA) is 83.8 Å². The lowest BCUT2D eigenvalue weighted by Crippen LogP contribution is -2.29. The smallest absolute Gasteiger partial charge is 0.274 e. The van der Waals surface area contributed by atoms with Crippen LogP contribution in [-0.4, -0.2) is 22.1 Å². The van der Waals surface area contributed by atoms with Crippen molar-refractivity contribution in [3.8, 4) is 0 Å². The molecule has 1 aliphatic carbocycles. The lowest BCUT2D eigenvalue weighted by Gasteiger charge is -2.05. The van der Waals surface area contributed by atoms with Gasteiger partial charge in [-0.3, -0.25) is 9.89 Å². The van der Waals surface area contributed by atoms with Gasteiger partial charge in [0, 0.05) is 6.04 Å². The second-order valence-corrected chi connectivity index (χ2v) is 4.83. The highest BCUT2D eigenvalue weighted by Crippen LogP contribution is 2.44. The van der Waals surface area contributed by atoms with Crippen LogP contribution in [-0.2, 0) is 0 Å². The maximum Gasteiger partial charge on any atom is 0.274 e. The van der Waals surface area contributed by atoms with E-state index in [9.17, 15) is 4.79 Å². The zero-order chi connectivity index (χ0) is 11.2.